The number of rotatable bonds is 6. The van der Waals surface area contributed by atoms with E-state index >= 15 is 0 Å². The van der Waals surface area contributed by atoms with Gasteiger partial charge in [-0.25, -0.2) is 8.42 Å². The predicted molar refractivity (Wildman–Crippen MR) is 104 cm³/mol. The lowest BCUT2D eigenvalue weighted by Gasteiger charge is -2.20. The van der Waals surface area contributed by atoms with Crippen LogP contribution in [0.5, 0.6) is 11.5 Å². The molecule has 0 saturated heterocycles. The molecule has 3 aliphatic rings. The highest BCUT2D eigenvalue weighted by Crippen LogP contribution is 2.52. The Bertz CT molecular complexity index is 1190. The molecule has 0 amide bonds. The third-order valence-electron chi connectivity index (χ3n) is 5.44. The number of aliphatic hydroxyl groups is 1. The molecule has 170 valence electrons. The summed E-state index contributed by atoms with van der Waals surface area (Å²) in [6, 6.07) is 6.05. The Morgan fingerprint density at radius 3 is 2.59 bits per heavy atom. The first-order valence-electron chi connectivity index (χ1n) is 9.63. The summed E-state index contributed by atoms with van der Waals surface area (Å²) in [5, 5.41) is 19.3. The Labute approximate surface area is 180 Å². The van der Waals surface area contributed by atoms with Crippen LogP contribution in [0.15, 0.2) is 45.5 Å². The first-order chi connectivity index (χ1) is 15.1. The fraction of sp³-hybridized carbons (Fsp3) is 0.368. The molecule has 13 heteroatoms. The molecule has 0 aliphatic carbocycles. The summed E-state index contributed by atoms with van der Waals surface area (Å²) in [6.45, 7) is 0.886. The summed E-state index contributed by atoms with van der Waals surface area (Å²) in [6.07, 6.45) is -5.38. The lowest BCUT2D eigenvalue weighted by molar-refractivity contribution is -0.166. The van der Waals surface area contributed by atoms with Crippen LogP contribution >= 0.6 is 0 Å². The van der Waals surface area contributed by atoms with Gasteiger partial charge in [-0.05, 0) is 18.2 Å². The maximum absolute atomic E-state index is 13.3. The maximum Gasteiger partial charge on any atom is 0.442 e. The number of ether oxygens (including phenoxy) is 2. The van der Waals surface area contributed by atoms with Gasteiger partial charge < -0.3 is 19.9 Å². The zero-order chi connectivity index (χ0) is 22.7. The smallest absolute Gasteiger partial charge is 0.442 e. The van der Waals surface area contributed by atoms with Gasteiger partial charge in [0, 0.05) is 29.5 Å². The highest BCUT2D eigenvalue weighted by atomic mass is 32.2. The molecule has 5 rings (SSSR count). The minimum atomic E-state index is -4.79. The number of aliphatic hydroxyl groups excluding tert-OH is 1. The van der Waals surface area contributed by atoms with Crippen LogP contribution in [0.2, 0.25) is 0 Å². The SMILES string of the molecule is O=S(=O)(NC(O)Nc1c2c(cc3c1OCC3)OCC2)c1cccc(C2(C(F)(F)F)N=N2)c1. The molecule has 0 bridgehead atoms. The number of halogens is 3. The van der Waals surface area contributed by atoms with Crippen LogP contribution in [0.25, 0.3) is 0 Å². The highest BCUT2D eigenvalue weighted by Gasteiger charge is 2.65. The van der Waals surface area contributed by atoms with Crippen LogP contribution in [-0.2, 0) is 28.5 Å². The van der Waals surface area contributed by atoms with Gasteiger partial charge in [-0.15, -0.1) is 10.2 Å². The second kappa shape index (κ2) is 7.05. The number of hydrogen-bond acceptors (Lipinski definition) is 8. The fourth-order valence-electron chi connectivity index (χ4n) is 3.84. The molecule has 1 unspecified atom stereocenters. The largest absolute Gasteiger partial charge is 0.493 e. The second-order valence-corrected chi connectivity index (χ2v) is 9.19. The average molecular weight is 470 g/mol. The molecule has 32 heavy (non-hydrogen) atoms. The van der Waals surface area contributed by atoms with E-state index in [0.717, 1.165) is 35.4 Å². The van der Waals surface area contributed by atoms with E-state index in [1.165, 1.54) is 0 Å². The Kier molecular flexibility index (Phi) is 4.62. The van der Waals surface area contributed by atoms with E-state index in [1.807, 2.05) is 10.8 Å². The van der Waals surface area contributed by atoms with Crippen molar-refractivity contribution in [2.45, 2.75) is 35.9 Å². The van der Waals surface area contributed by atoms with Crippen LogP contribution in [0, 0.1) is 0 Å². The van der Waals surface area contributed by atoms with E-state index in [4.69, 9.17) is 9.47 Å². The van der Waals surface area contributed by atoms with Crippen LogP contribution in [-0.4, -0.2) is 39.3 Å². The number of fused-ring (bicyclic) bond motifs is 2. The normalized spacial score (nSPS) is 19.0. The zero-order valence-electron chi connectivity index (χ0n) is 16.3. The predicted octanol–water partition coefficient (Wildman–Crippen LogP) is 2.40. The number of benzene rings is 2. The van der Waals surface area contributed by atoms with Crippen molar-refractivity contribution in [3.05, 3.63) is 47.0 Å². The molecule has 0 radical (unpaired) electrons. The fourth-order valence-corrected chi connectivity index (χ4v) is 4.87. The van der Waals surface area contributed by atoms with Crippen molar-refractivity contribution >= 4 is 15.7 Å². The summed E-state index contributed by atoms with van der Waals surface area (Å²) in [5.41, 5.74) is -1.15. The molecule has 3 heterocycles. The Morgan fingerprint density at radius 1 is 1.12 bits per heavy atom. The van der Waals surface area contributed by atoms with Crippen molar-refractivity contribution in [1.29, 1.82) is 0 Å². The molecule has 9 nitrogen and oxygen atoms in total. The Hall–Kier alpha value is -2.90. The van der Waals surface area contributed by atoms with Gasteiger partial charge in [-0.1, -0.05) is 12.1 Å². The minimum Gasteiger partial charge on any atom is -0.493 e. The van der Waals surface area contributed by atoms with E-state index in [0.29, 0.717) is 43.2 Å². The van der Waals surface area contributed by atoms with Gasteiger partial charge >= 0.3 is 11.8 Å². The first-order valence-corrected chi connectivity index (χ1v) is 11.1. The summed E-state index contributed by atoms with van der Waals surface area (Å²) < 4.78 is 78.5. The standard InChI is InChI=1S/C19H17F3N4O5S/c20-19(21,22)18(25-26-18)11-2-1-3-12(9-11)32(28,29)24-17(27)23-15-13-5-7-30-14(13)8-10-4-6-31-16(10)15/h1-3,8-9,17,23-24,27H,4-7H2. The van der Waals surface area contributed by atoms with Gasteiger partial charge in [0.15, 0.2) is 6.35 Å². The van der Waals surface area contributed by atoms with Gasteiger partial charge in [0.25, 0.3) is 0 Å². The molecular weight excluding hydrogens is 453 g/mol. The third kappa shape index (κ3) is 3.36. The van der Waals surface area contributed by atoms with Crippen molar-refractivity contribution in [2.24, 2.45) is 10.2 Å². The molecule has 3 N–H and O–H groups in total. The van der Waals surface area contributed by atoms with Gasteiger partial charge in [-0.3, -0.25) is 0 Å². The molecule has 2 aromatic rings. The maximum atomic E-state index is 13.3. The molecular formula is C19H17F3N4O5S. The lowest BCUT2D eigenvalue weighted by Crippen LogP contribution is -2.40. The molecule has 0 saturated carbocycles. The van der Waals surface area contributed by atoms with Crippen LogP contribution in [0.4, 0.5) is 18.9 Å². The van der Waals surface area contributed by atoms with E-state index in [9.17, 15) is 26.7 Å². The number of sulfonamides is 1. The van der Waals surface area contributed by atoms with Crippen molar-refractivity contribution in [1.82, 2.24) is 4.72 Å². The summed E-state index contributed by atoms with van der Waals surface area (Å²) in [7, 11) is -4.39. The van der Waals surface area contributed by atoms with Crippen molar-refractivity contribution < 1.29 is 36.2 Å². The summed E-state index contributed by atoms with van der Waals surface area (Å²) in [5.74, 6) is 1.15. The zero-order valence-corrected chi connectivity index (χ0v) is 17.1. The number of alkyl halides is 3. The third-order valence-corrected chi connectivity index (χ3v) is 6.85. The molecule has 0 fully saturated rings. The summed E-state index contributed by atoms with van der Waals surface area (Å²) in [4.78, 5) is -0.472. The quantitative estimate of drug-likeness (QED) is 0.558. The lowest BCUT2D eigenvalue weighted by atomic mass is 10.0. The minimum absolute atomic E-state index is 0.419. The average Bonchev–Trinajstić information content (AvgIpc) is 3.20. The molecule has 1 atom stereocenters. The number of nitrogens with zero attached hydrogens (tertiary/aromatic N) is 2. The Balaban J connectivity index is 1.38. The van der Waals surface area contributed by atoms with E-state index < -0.39 is 38.7 Å². The van der Waals surface area contributed by atoms with Gasteiger partial charge in [0.2, 0.25) is 10.0 Å². The van der Waals surface area contributed by atoms with E-state index in [1.54, 1.807) is 0 Å². The van der Waals surface area contributed by atoms with Crippen molar-refractivity contribution in [2.75, 3.05) is 18.5 Å². The van der Waals surface area contributed by atoms with Gasteiger partial charge in [0.1, 0.15) is 11.5 Å². The summed E-state index contributed by atoms with van der Waals surface area (Å²) >= 11 is 0. The molecule has 2 aromatic carbocycles. The number of nitrogens with one attached hydrogen (secondary N) is 2. The van der Waals surface area contributed by atoms with Crippen LogP contribution in [0.3, 0.4) is 0 Å². The number of anilines is 1. The van der Waals surface area contributed by atoms with Gasteiger partial charge in [0.05, 0.1) is 23.8 Å². The van der Waals surface area contributed by atoms with Crippen molar-refractivity contribution in [3.8, 4) is 11.5 Å². The van der Waals surface area contributed by atoms with Crippen molar-refractivity contribution in [3.63, 3.8) is 0 Å². The highest BCUT2D eigenvalue weighted by molar-refractivity contribution is 7.89. The number of hydrogen-bond donors (Lipinski definition) is 3. The van der Waals surface area contributed by atoms with Crippen LogP contribution < -0.4 is 19.5 Å². The molecule has 0 aromatic heterocycles. The van der Waals surface area contributed by atoms with Crippen LogP contribution in [0.1, 0.15) is 16.7 Å². The van der Waals surface area contributed by atoms with E-state index in [2.05, 4.69) is 15.5 Å². The van der Waals surface area contributed by atoms with Gasteiger partial charge in [-0.2, -0.15) is 17.9 Å². The monoisotopic (exact) mass is 470 g/mol. The molecule has 0 spiro atoms. The topological polar surface area (TPSA) is 122 Å². The first kappa shape index (κ1) is 21.0. The Morgan fingerprint density at radius 2 is 1.88 bits per heavy atom. The van der Waals surface area contributed by atoms with E-state index in [-0.39, 0.29) is 0 Å². The second-order valence-electron chi connectivity index (χ2n) is 7.48. The molecule has 3 aliphatic heterocycles.